The molecule has 0 unspecified atom stereocenters. The molecule has 0 amide bonds. The summed E-state index contributed by atoms with van der Waals surface area (Å²) in [5.74, 6) is 0. The van der Waals surface area contributed by atoms with E-state index in [9.17, 15) is 10.1 Å². The number of hydrogen-bond donors (Lipinski definition) is 0. The Morgan fingerprint density at radius 1 is 0.909 bits per heavy atom. The first-order valence-electron chi connectivity index (χ1n) is 8.02. The summed E-state index contributed by atoms with van der Waals surface area (Å²) >= 11 is 6.00. The number of hydrogen-bond acceptors (Lipinski definition) is 2. The van der Waals surface area contributed by atoms with Gasteiger partial charge in [-0.15, -0.1) is 0 Å². The summed E-state index contributed by atoms with van der Waals surface area (Å²) in [5, 5.41) is 11.3. The predicted molar refractivity (Wildman–Crippen MR) is 89.0 cm³/mol. The second-order valence-electron chi connectivity index (χ2n) is 4.58. The number of nitro groups is 1. The van der Waals surface area contributed by atoms with Crippen molar-refractivity contribution in [3.8, 4) is 22.3 Å². The van der Waals surface area contributed by atoms with Gasteiger partial charge < -0.3 is 0 Å². The van der Waals surface area contributed by atoms with Crippen molar-refractivity contribution in [1.29, 1.82) is 0 Å². The van der Waals surface area contributed by atoms with Crippen molar-refractivity contribution in [3.63, 3.8) is 0 Å². The molecule has 0 aliphatic carbocycles. The highest BCUT2D eigenvalue weighted by molar-refractivity contribution is 6.31. The smallest absolute Gasteiger partial charge is 0.258 e. The molecular weight excluding hydrogens is 298 g/mol. The molecule has 108 valence electrons. The maximum Gasteiger partial charge on any atom is 0.277 e. The monoisotopic (exact) mass is 312 g/mol. The van der Waals surface area contributed by atoms with E-state index in [1.54, 1.807) is 24.3 Å². The Hall–Kier alpha value is -2.65. The van der Waals surface area contributed by atoms with Crippen molar-refractivity contribution in [2.45, 2.75) is 0 Å². The molecule has 0 aliphatic heterocycles. The maximum absolute atomic E-state index is 11.6. The van der Waals surface area contributed by atoms with Gasteiger partial charge in [0.15, 0.2) is 0 Å². The van der Waals surface area contributed by atoms with Gasteiger partial charge in [0.1, 0.15) is 0 Å². The van der Waals surface area contributed by atoms with Crippen LogP contribution in [0.15, 0.2) is 72.7 Å². The molecule has 4 heteroatoms. The largest absolute Gasteiger partial charge is 0.277 e. The zero-order valence-electron chi connectivity index (χ0n) is 14.3. The van der Waals surface area contributed by atoms with Gasteiger partial charge in [0.25, 0.3) is 5.69 Å². The number of nitrogens with zero attached hydrogens (tertiary/aromatic N) is 1. The van der Waals surface area contributed by atoms with Crippen LogP contribution in [-0.4, -0.2) is 4.92 Å². The second-order valence-corrected chi connectivity index (χ2v) is 4.96. The topological polar surface area (TPSA) is 43.1 Å². The molecule has 3 aromatic rings. The van der Waals surface area contributed by atoms with Crippen molar-refractivity contribution >= 4 is 17.3 Å². The molecule has 0 radical (unpaired) electrons. The molecule has 3 rings (SSSR count). The van der Waals surface area contributed by atoms with E-state index in [1.165, 1.54) is 0 Å². The molecule has 0 N–H and O–H groups in total. The first kappa shape index (κ1) is 11.0. The fourth-order valence-electron chi connectivity index (χ4n) is 2.28. The zero-order valence-corrected chi connectivity index (χ0v) is 12.1. The lowest BCUT2D eigenvalue weighted by Gasteiger charge is -2.10. The van der Waals surface area contributed by atoms with E-state index >= 15 is 0 Å². The lowest BCUT2D eigenvalue weighted by molar-refractivity contribution is -0.384. The molecule has 0 atom stereocenters. The van der Waals surface area contributed by atoms with Crippen LogP contribution in [0.25, 0.3) is 22.3 Å². The summed E-state index contributed by atoms with van der Waals surface area (Å²) in [5.41, 5.74) is 1.32. The molecule has 0 aliphatic rings. The highest BCUT2D eigenvalue weighted by atomic mass is 35.5. The van der Waals surface area contributed by atoms with Gasteiger partial charge in [0, 0.05) is 11.1 Å². The Labute approximate surface area is 137 Å². The molecule has 0 heterocycles. The quantitative estimate of drug-likeness (QED) is 0.468. The molecule has 0 saturated heterocycles. The van der Waals surface area contributed by atoms with Gasteiger partial charge in [-0.05, 0) is 28.8 Å². The number of halogens is 1. The summed E-state index contributed by atoms with van der Waals surface area (Å²) in [6, 6.07) is 14.8. The first-order valence-corrected chi connectivity index (χ1v) is 6.89. The van der Waals surface area contributed by atoms with Gasteiger partial charge >= 0.3 is 0 Å². The van der Waals surface area contributed by atoms with E-state index in [2.05, 4.69) is 0 Å². The fraction of sp³-hybridized carbons (Fsp3) is 0. The van der Waals surface area contributed by atoms with Crippen molar-refractivity contribution < 1.29 is 9.04 Å². The normalized spacial score (nSPS) is 12.3. The molecule has 0 spiro atoms. The Morgan fingerprint density at radius 3 is 2.23 bits per heavy atom. The van der Waals surface area contributed by atoms with Crippen molar-refractivity contribution in [3.05, 3.63) is 87.9 Å². The average Bonchev–Trinajstić information content (AvgIpc) is 2.63. The summed E-state index contributed by atoms with van der Waals surface area (Å²) < 4.78 is 23.9. The van der Waals surface area contributed by atoms with E-state index < -0.39 is 22.7 Å². The van der Waals surface area contributed by atoms with Crippen molar-refractivity contribution in [2.24, 2.45) is 0 Å². The summed E-state index contributed by atoms with van der Waals surface area (Å²) in [6.07, 6.45) is 0. The van der Waals surface area contributed by atoms with Crippen LogP contribution in [0.4, 0.5) is 5.69 Å². The molecule has 0 saturated carbocycles. The minimum atomic E-state index is -0.730. The van der Waals surface area contributed by atoms with Crippen LogP contribution in [0.2, 0.25) is 5.02 Å². The third-order valence-corrected chi connectivity index (χ3v) is 3.41. The number of benzene rings is 3. The number of nitro benzene ring substituents is 1. The zero-order chi connectivity index (χ0) is 18.1. The van der Waals surface area contributed by atoms with Crippen LogP contribution in [0.5, 0.6) is 0 Å². The van der Waals surface area contributed by atoms with Crippen LogP contribution in [0, 0.1) is 10.1 Å². The van der Waals surface area contributed by atoms with Crippen LogP contribution in [0.1, 0.15) is 4.11 Å². The minimum Gasteiger partial charge on any atom is -0.258 e. The summed E-state index contributed by atoms with van der Waals surface area (Å²) in [6.45, 7) is 0. The van der Waals surface area contributed by atoms with Gasteiger partial charge in [-0.1, -0.05) is 66.2 Å². The summed E-state index contributed by atoms with van der Waals surface area (Å²) in [4.78, 5) is 10.8. The maximum atomic E-state index is 11.6. The van der Waals surface area contributed by atoms with Crippen LogP contribution < -0.4 is 0 Å². The molecule has 0 bridgehead atoms. The molecule has 0 aromatic heterocycles. The predicted octanol–water partition coefficient (Wildman–Crippen LogP) is 5.58. The second kappa shape index (κ2) is 6.00. The minimum absolute atomic E-state index is 0.0459. The van der Waals surface area contributed by atoms with E-state index in [-0.39, 0.29) is 16.6 Å². The Kier molecular flexibility index (Phi) is 3.00. The Balaban J connectivity index is 2.42. The van der Waals surface area contributed by atoms with E-state index in [4.69, 9.17) is 15.7 Å². The van der Waals surface area contributed by atoms with Gasteiger partial charge in [0.2, 0.25) is 0 Å². The highest BCUT2D eigenvalue weighted by Gasteiger charge is 2.18. The van der Waals surface area contributed by atoms with Crippen LogP contribution >= 0.6 is 11.6 Å². The number of rotatable bonds is 3. The van der Waals surface area contributed by atoms with E-state index in [1.807, 2.05) is 30.3 Å². The van der Waals surface area contributed by atoms with Crippen LogP contribution in [-0.2, 0) is 0 Å². The Bertz CT molecular complexity index is 978. The SMILES string of the molecule is [2H]c1c([2H])c([N+](=O)[O-])c(-c2ccccc2-c2ccccc2)c([2H])c1Cl. The van der Waals surface area contributed by atoms with Gasteiger partial charge in [-0.2, -0.15) is 0 Å². The lowest BCUT2D eigenvalue weighted by atomic mass is 9.94. The third-order valence-electron chi connectivity index (χ3n) is 3.23. The highest BCUT2D eigenvalue weighted by Crippen LogP contribution is 2.38. The van der Waals surface area contributed by atoms with E-state index in [0.717, 1.165) is 5.56 Å². The molecular formula is C18H12ClNO2. The van der Waals surface area contributed by atoms with E-state index in [0.29, 0.717) is 11.1 Å². The van der Waals surface area contributed by atoms with Crippen LogP contribution in [0.3, 0.4) is 0 Å². The molecule has 0 fully saturated rings. The standard InChI is InChI=1S/C18H12ClNO2/c19-14-10-11-18(20(21)22)17(12-14)16-9-5-4-8-15(16)13-6-2-1-3-7-13/h1-12H/i10D,11D,12D. The molecule has 3 nitrogen and oxygen atoms in total. The lowest BCUT2D eigenvalue weighted by Crippen LogP contribution is -1.93. The average molecular weight is 313 g/mol. The summed E-state index contributed by atoms with van der Waals surface area (Å²) in [7, 11) is 0. The van der Waals surface area contributed by atoms with Gasteiger partial charge in [-0.25, -0.2) is 0 Å². The molecule has 3 aromatic carbocycles. The van der Waals surface area contributed by atoms with Gasteiger partial charge in [-0.3, -0.25) is 10.1 Å². The van der Waals surface area contributed by atoms with Crippen molar-refractivity contribution in [1.82, 2.24) is 0 Å². The third kappa shape index (κ3) is 2.71. The Morgan fingerprint density at radius 2 is 1.55 bits per heavy atom. The first-order chi connectivity index (χ1) is 11.9. The van der Waals surface area contributed by atoms with Gasteiger partial charge in [0.05, 0.1) is 14.6 Å². The molecule has 22 heavy (non-hydrogen) atoms. The fourth-order valence-corrected chi connectivity index (χ4v) is 2.42. The van der Waals surface area contributed by atoms with Crippen molar-refractivity contribution in [2.75, 3.05) is 0 Å².